The second-order valence-corrected chi connectivity index (χ2v) is 5.01. The monoisotopic (exact) mass is 277 g/mol. The molecule has 1 N–H and O–H groups in total. The number of carbonyl (C=O) groups excluding carboxylic acids is 1. The zero-order valence-corrected chi connectivity index (χ0v) is 11.5. The zero-order chi connectivity index (χ0) is 14.5. The summed E-state index contributed by atoms with van der Waals surface area (Å²) >= 11 is 0. The van der Waals surface area contributed by atoms with Gasteiger partial charge >= 0.3 is 12.0 Å². The van der Waals surface area contributed by atoms with E-state index in [2.05, 4.69) is 4.98 Å². The van der Waals surface area contributed by atoms with Gasteiger partial charge in [-0.2, -0.15) is 0 Å². The van der Waals surface area contributed by atoms with Crippen molar-refractivity contribution in [2.45, 2.75) is 31.7 Å². The lowest BCUT2D eigenvalue weighted by Gasteiger charge is -2.31. The number of aromatic nitrogens is 1. The molecule has 0 radical (unpaired) electrons. The fraction of sp³-hybridized carbons (Fsp3) is 0.500. The van der Waals surface area contributed by atoms with Gasteiger partial charge in [-0.25, -0.2) is 4.79 Å². The molecular formula is C14H19N3O3. The average molecular weight is 277 g/mol. The maximum Gasteiger partial charge on any atom is 0.325 e. The molecule has 0 unspecified atom stereocenters. The van der Waals surface area contributed by atoms with Crippen molar-refractivity contribution >= 4 is 17.7 Å². The van der Waals surface area contributed by atoms with Crippen LogP contribution in [0.5, 0.6) is 0 Å². The van der Waals surface area contributed by atoms with Gasteiger partial charge in [-0.05, 0) is 25.0 Å². The number of carboxylic acid groups (broad SMARTS) is 1. The van der Waals surface area contributed by atoms with Crippen LogP contribution in [0.25, 0.3) is 0 Å². The van der Waals surface area contributed by atoms with Crippen LogP contribution in [-0.4, -0.2) is 46.6 Å². The second-order valence-electron chi connectivity index (χ2n) is 5.01. The van der Waals surface area contributed by atoms with E-state index in [4.69, 9.17) is 5.11 Å². The highest BCUT2D eigenvalue weighted by molar-refractivity contribution is 5.93. The number of carbonyl (C=O) groups is 2. The molecule has 0 aromatic carbocycles. The Balaban J connectivity index is 2.15. The minimum absolute atomic E-state index is 0.0257. The Morgan fingerprint density at radius 1 is 1.40 bits per heavy atom. The molecular weight excluding hydrogens is 258 g/mol. The van der Waals surface area contributed by atoms with Crippen molar-refractivity contribution in [1.29, 1.82) is 0 Å². The van der Waals surface area contributed by atoms with Crippen molar-refractivity contribution in [2.24, 2.45) is 0 Å². The Bertz CT molecular complexity index is 472. The average Bonchev–Trinajstić information content (AvgIpc) is 2.98. The smallest absolute Gasteiger partial charge is 0.325 e. The summed E-state index contributed by atoms with van der Waals surface area (Å²) in [5.74, 6) is -0.982. The van der Waals surface area contributed by atoms with Gasteiger partial charge < -0.3 is 10.0 Å². The number of rotatable bonds is 4. The van der Waals surface area contributed by atoms with Crippen LogP contribution in [0.15, 0.2) is 24.5 Å². The maximum atomic E-state index is 12.5. The van der Waals surface area contributed by atoms with Crippen LogP contribution in [0.3, 0.4) is 0 Å². The Morgan fingerprint density at radius 2 is 2.10 bits per heavy atom. The standard InChI is InChI=1S/C14H19N3O3/c1-16(12-7-4-8-15-9-12)14(20)17(10-13(18)19)11-5-2-3-6-11/h4,7-9,11H,2-3,5-6,10H2,1H3,(H,18,19). The first-order chi connectivity index (χ1) is 9.59. The number of hydrogen-bond acceptors (Lipinski definition) is 3. The predicted molar refractivity (Wildman–Crippen MR) is 74.6 cm³/mol. The summed E-state index contributed by atoms with van der Waals surface area (Å²) in [6, 6.07) is 3.26. The van der Waals surface area contributed by atoms with Crippen molar-refractivity contribution in [1.82, 2.24) is 9.88 Å². The number of urea groups is 1. The molecule has 6 heteroatoms. The molecule has 0 spiro atoms. The first-order valence-corrected chi connectivity index (χ1v) is 6.75. The van der Waals surface area contributed by atoms with Crippen LogP contribution in [0.4, 0.5) is 10.5 Å². The number of carboxylic acids is 1. The number of hydrogen-bond donors (Lipinski definition) is 1. The topological polar surface area (TPSA) is 73.7 Å². The van der Waals surface area contributed by atoms with E-state index in [-0.39, 0.29) is 18.6 Å². The van der Waals surface area contributed by atoms with E-state index in [9.17, 15) is 9.59 Å². The number of nitrogens with zero attached hydrogens (tertiary/aromatic N) is 3. The van der Waals surface area contributed by atoms with E-state index < -0.39 is 5.97 Å². The summed E-state index contributed by atoms with van der Waals surface area (Å²) in [6.07, 6.45) is 7.06. The van der Waals surface area contributed by atoms with E-state index >= 15 is 0 Å². The largest absolute Gasteiger partial charge is 0.480 e. The Labute approximate surface area is 118 Å². The van der Waals surface area contributed by atoms with Crippen LogP contribution in [0.1, 0.15) is 25.7 Å². The summed E-state index contributed by atoms with van der Waals surface area (Å²) in [4.78, 5) is 30.4. The van der Waals surface area contributed by atoms with Crippen LogP contribution in [0, 0.1) is 0 Å². The van der Waals surface area contributed by atoms with Gasteiger partial charge in [-0.3, -0.25) is 14.7 Å². The van der Waals surface area contributed by atoms with Gasteiger partial charge in [0.2, 0.25) is 0 Å². The number of anilines is 1. The van der Waals surface area contributed by atoms with Gasteiger partial charge in [0.05, 0.1) is 11.9 Å². The van der Waals surface area contributed by atoms with Crippen LogP contribution in [-0.2, 0) is 4.79 Å². The minimum atomic E-state index is -0.982. The summed E-state index contributed by atoms with van der Waals surface area (Å²) in [5.41, 5.74) is 0.658. The highest BCUT2D eigenvalue weighted by Crippen LogP contribution is 2.25. The Kier molecular flexibility index (Phi) is 4.55. The molecule has 1 saturated carbocycles. The van der Waals surface area contributed by atoms with Crippen LogP contribution >= 0.6 is 0 Å². The lowest BCUT2D eigenvalue weighted by molar-refractivity contribution is -0.138. The van der Waals surface area contributed by atoms with Gasteiger partial charge in [0, 0.05) is 19.3 Å². The van der Waals surface area contributed by atoms with E-state index in [1.165, 1.54) is 9.80 Å². The first-order valence-electron chi connectivity index (χ1n) is 6.75. The molecule has 0 saturated heterocycles. The molecule has 6 nitrogen and oxygen atoms in total. The van der Waals surface area contributed by atoms with Gasteiger partial charge in [0.1, 0.15) is 6.54 Å². The van der Waals surface area contributed by atoms with E-state index in [1.807, 2.05) is 0 Å². The quantitative estimate of drug-likeness (QED) is 0.913. The summed E-state index contributed by atoms with van der Waals surface area (Å²) in [6.45, 7) is -0.256. The third-order valence-electron chi connectivity index (χ3n) is 3.64. The van der Waals surface area contributed by atoms with Gasteiger partial charge in [-0.15, -0.1) is 0 Å². The lowest BCUT2D eigenvalue weighted by Crippen LogP contribution is -2.48. The normalized spacial score (nSPS) is 15.1. The van der Waals surface area contributed by atoms with E-state index in [0.717, 1.165) is 25.7 Å². The molecule has 0 atom stereocenters. The molecule has 1 aliphatic carbocycles. The molecule has 1 aromatic rings. The molecule has 2 rings (SSSR count). The number of amides is 2. The van der Waals surface area contributed by atoms with Crippen LogP contribution < -0.4 is 4.90 Å². The van der Waals surface area contributed by atoms with Crippen LogP contribution in [0.2, 0.25) is 0 Å². The molecule has 0 bridgehead atoms. The molecule has 1 fully saturated rings. The van der Waals surface area contributed by atoms with Crippen molar-refractivity contribution < 1.29 is 14.7 Å². The van der Waals surface area contributed by atoms with Crippen molar-refractivity contribution in [2.75, 3.05) is 18.5 Å². The molecule has 108 valence electrons. The molecule has 0 aliphatic heterocycles. The van der Waals surface area contributed by atoms with Gasteiger partial charge in [0.25, 0.3) is 0 Å². The second kappa shape index (κ2) is 6.36. The maximum absolute atomic E-state index is 12.5. The van der Waals surface area contributed by atoms with Crippen molar-refractivity contribution in [3.8, 4) is 0 Å². The number of aliphatic carboxylic acids is 1. The summed E-state index contributed by atoms with van der Waals surface area (Å²) in [5, 5.41) is 9.02. The van der Waals surface area contributed by atoms with E-state index in [0.29, 0.717) is 5.69 Å². The zero-order valence-electron chi connectivity index (χ0n) is 11.5. The highest BCUT2D eigenvalue weighted by Gasteiger charge is 2.30. The molecule has 1 aromatic heterocycles. The SMILES string of the molecule is CN(C(=O)N(CC(=O)O)C1CCCC1)c1cccnc1. The fourth-order valence-electron chi connectivity index (χ4n) is 2.57. The molecule has 1 heterocycles. The third kappa shape index (κ3) is 3.26. The summed E-state index contributed by atoms with van der Waals surface area (Å²) in [7, 11) is 1.64. The molecule has 1 aliphatic rings. The molecule has 20 heavy (non-hydrogen) atoms. The minimum Gasteiger partial charge on any atom is -0.480 e. The van der Waals surface area contributed by atoms with Crippen molar-refractivity contribution in [3.05, 3.63) is 24.5 Å². The lowest BCUT2D eigenvalue weighted by atomic mass is 10.2. The van der Waals surface area contributed by atoms with E-state index in [1.54, 1.807) is 31.6 Å². The van der Waals surface area contributed by atoms with Crippen molar-refractivity contribution in [3.63, 3.8) is 0 Å². The Hall–Kier alpha value is -2.11. The Morgan fingerprint density at radius 3 is 2.65 bits per heavy atom. The predicted octanol–water partition coefficient (Wildman–Crippen LogP) is 1.97. The fourth-order valence-corrected chi connectivity index (χ4v) is 2.57. The number of pyridine rings is 1. The highest BCUT2D eigenvalue weighted by atomic mass is 16.4. The van der Waals surface area contributed by atoms with Gasteiger partial charge in [-0.1, -0.05) is 12.8 Å². The summed E-state index contributed by atoms with van der Waals surface area (Å²) < 4.78 is 0. The third-order valence-corrected chi connectivity index (χ3v) is 3.64. The first kappa shape index (κ1) is 14.3. The molecule has 2 amide bonds. The van der Waals surface area contributed by atoms with Gasteiger partial charge in [0.15, 0.2) is 0 Å².